The van der Waals surface area contributed by atoms with Gasteiger partial charge in [0.2, 0.25) is 0 Å². The lowest BCUT2D eigenvalue weighted by Crippen LogP contribution is -2.29. The molecule has 1 heterocycles. The van der Waals surface area contributed by atoms with Gasteiger partial charge in [-0.25, -0.2) is 0 Å². The molecule has 0 aromatic heterocycles. The molecule has 1 aliphatic carbocycles. The van der Waals surface area contributed by atoms with Crippen molar-refractivity contribution < 1.29 is 9.53 Å². The van der Waals surface area contributed by atoms with Gasteiger partial charge < -0.3 is 4.74 Å². The van der Waals surface area contributed by atoms with Crippen molar-refractivity contribution >= 4 is 27.6 Å². The average molecular weight is 333 g/mol. The maximum absolute atomic E-state index is 11.4. The number of thiol groups is 1. The number of carbonyl (C=O) groups is 1. The minimum absolute atomic E-state index is 0.129. The van der Waals surface area contributed by atoms with Crippen molar-refractivity contribution in [2.45, 2.75) is 45.1 Å². The van der Waals surface area contributed by atoms with E-state index < -0.39 is 11.1 Å². The first-order valence-corrected chi connectivity index (χ1v) is 9.55. The number of rotatable bonds is 7. The Kier molecular flexibility index (Phi) is 5.46. The van der Waals surface area contributed by atoms with Crippen LogP contribution in [0, 0.1) is 0 Å². The second-order valence-electron chi connectivity index (χ2n) is 5.78. The van der Waals surface area contributed by atoms with Crippen LogP contribution in [0.5, 0.6) is 0 Å². The fourth-order valence-corrected chi connectivity index (χ4v) is 4.63. The van der Waals surface area contributed by atoms with Crippen LogP contribution in [-0.4, -0.2) is 29.2 Å². The van der Waals surface area contributed by atoms with Gasteiger partial charge in [-0.05, 0) is 43.7 Å². The first kappa shape index (κ1) is 16.2. The van der Waals surface area contributed by atoms with Crippen molar-refractivity contribution in [3.8, 4) is 0 Å². The molecule has 1 aromatic rings. The number of hydrogen-bond acceptors (Lipinski definition) is 5. The van der Waals surface area contributed by atoms with E-state index in [1.165, 1.54) is 11.1 Å². The van der Waals surface area contributed by atoms with Crippen LogP contribution in [0.4, 0.5) is 0 Å². The normalized spacial score (nSPS) is 21.3. The summed E-state index contributed by atoms with van der Waals surface area (Å²) < 4.78 is 8.66. The predicted molar refractivity (Wildman–Crippen MR) is 96.2 cm³/mol. The van der Waals surface area contributed by atoms with E-state index in [1.54, 1.807) is 0 Å². The van der Waals surface area contributed by atoms with Crippen LogP contribution in [0.15, 0.2) is 34.5 Å². The summed E-state index contributed by atoms with van der Waals surface area (Å²) in [5.74, 6) is -0.129. The highest BCUT2D eigenvalue weighted by Crippen LogP contribution is 2.31. The van der Waals surface area contributed by atoms with E-state index >= 15 is 0 Å². The molecule has 0 saturated heterocycles. The number of hydrogen-bond donors (Lipinski definition) is 2. The molecule has 0 bridgehead atoms. The maximum atomic E-state index is 11.4. The molecule has 1 unspecified atom stereocenters. The molecule has 0 spiro atoms. The summed E-state index contributed by atoms with van der Waals surface area (Å²) in [5.41, 5.74) is 4.81. The Bertz CT molecular complexity index is 605. The minimum atomic E-state index is -0.605. The van der Waals surface area contributed by atoms with Gasteiger partial charge in [0.1, 0.15) is 0 Å². The minimum Gasteiger partial charge on any atom is -0.466 e. The van der Waals surface area contributed by atoms with Gasteiger partial charge in [-0.1, -0.05) is 24.3 Å². The molecule has 6 heteroatoms. The zero-order valence-corrected chi connectivity index (χ0v) is 14.3. The van der Waals surface area contributed by atoms with Crippen LogP contribution in [0.3, 0.4) is 0 Å². The molecule has 3 rings (SSSR count). The van der Waals surface area contributed by atoms with Crippen molar-refractivity contribution in [3.05, 3.63) is 35.4 Å². The third-order valence-electron chi connectivity index (χ3n) is 4.08. The van der Waals surface area contributed by atoms with Gasteiger partial charge in [0.05, 0.1) is 17.2 Å². The molecule has 2 aliphatic rings. The number of fused-ring (bicyclic) bond motifs is 1. The van der Waals surface area contributed by atoms with Crippen molar-refractivity contribution in [3.63, 3.8) is 0 Å². The van der Waals surface area contributed by atoms with E-state index in [4.69, 9.17) is 4.74 Å². The lowest BCUT2D eigenvalue weighted by atomic mass is 10.1. The summed E-state index contributed by atoms with van der Waals surface area (Å²) in [6.45, 7) is 2.27. The summed E-state index contributed by atoms with van der Waals surface area (Å²) in [6.07, 6.45) is 4.16. The Balaban J connectivity index is 1.46. The molecule has 0 amide bonds. The van der Waals surface area contributed by atoms with E-state index in [9.17, 15) is 4.79 Å². The SMILES string of the molecule is CCOC(=O)CCCC1=NN=C[SH]1NC1Cc2ccccc2C1. The van der Waals surface area contributed by atoms with Crippen LogP contribution >= 0.6 is 11.1 Å². The van der Waals surface area contributed by atoms with E-state index in [1.807, 2.05) is 12.5 Å². The number of carbonyl (C=O) groups excluding carboxylic acids is 1. The van der Waals surface area contributed by atoms with Gasteiger partial charge in [0.15, 0.2) is 0 Å². The zero-order valence-electron chi connectivity index (χ0n) is 13.4. The smallest absolute Gasteiger partial charge is 0.305 e. The predicted octanol–water partition coefficient (Wildman–Crippen LogP) is 2.75. The molecule has 23 heavy (non-hydrogen) atoms. The Hall–Kier alpha value is -1.66. The first-order valence-electron chi connectivity index (χ1n) is 8.14. The molecule has 0 saturated carbocycles. The van der Waals surface area contributed by atoms with Gasteiger partial charge >= 0.3 is 5.97 Å². The van der Waals surface area contributed by atoms with Crippen LogP contribution in [-0.2, 0) is 22.4 Å². The summed E-state index contributed by atoms with van der Waals surface area (Å²) in [7, 11) is 0. The Morgan fingerprint density at radius 1 is 1.35 bits per heavy atom. The number of nitrogens with zero attached hydrogens (tertiary/aromatic N) is 2. The Morgan fingerprint density at radius 2 is 2.09 bits per heavy atom. The van der Waals surface area contributed by atoms with Crippen molar-refractivity contribution in [1.29, 1.82) is 0 Å². The van der Waals surface area contributed by atoms with Gasteiger partial charge in [-0.2, -0.15) is 5.10 Å². The van der Waals surface area contributed by atoms with Gasteiger partial charge in [0, 0.05) is 12.5 Å². The third-order valence-corrected chi connectivity index (χ3v) is 5.92. The molecule has 124 valence electrons. The van der Waals surface area contributed by atoms with Crippen molar-refractivity contribution in [2.75, 3.05) is 6.61 Å². The molecule has 1 aliphatic heterocycles. The monoisotopic (exact) mass is 333 g/mol. The highest BCUT2D eigenvalue weighted by molar-refractivity contribution is 8.39. The van der Waals surface area contributed by atoms with E-state index in [0.717, 1.165) is 30.7 Å². The van der Waals surface area contributed by atoms with E-state index in [-0.39, 0.29) is 5.97 Å². The second-order valence-corrected chi connectivity index (χ2v) is 7.52. The van der Waals surface area contributed by atoms with Crippen LogP contribution in [0.25, 0.3) is 0 Å². The maximum Gasteiger partial charge on any atom is 0.305 e. The molecule has 1 atom stereocenters. The standard InChI is InChI=1S/C17H23N3O2S/c1-2-22-17(21)9-5-8-16-19-18-12-23(16)20-15-10-13-6-3-4-7-14(13)11-15/h3-4,6-7,12,15,20,23H,2,5,8-11H2,1H3. The zero-order chi connectivity index (χ0) is 16.1. The van der Waals surface area contributed by atoms with Gasteiger partial charge in [-0.3, -0.25) is 9.52 Å². The van der Waals surface area contributed by atoms with E-state index in [0.29, 0.717) is 19.1 Å². The highest BCUT2D eigenvalue weighted by atomic mass is 32.2. The summed E-state index contributed by atoms with van der Waals surface area (Å²) in [5, 5.41) is 9.42. The molecular formula is C17H23N3O2S. The third kappa shape index (κ3) is 4.20. The lowest BCUT2D eigenvalue weighted by molar-refractivity contribution is -0.143. The summed E-state index contributed by atoms with van der Waals surface area (Å²) in [4.78, 5) is 11.4. The molecule has 0 fully saturated rings. The fourth-order valence-electron chi connectivity index (χ4n) is 3.01. The second kappa shape index (κ2) is 7.75. The van der Waals surface area contributed by atoms with Crippen LogP contribution < -0.4 is 4.72 Å². The summed E-state index contributed by atoms with van der Waals surface area (Å²) in [6, 6.07) is 9.08. The molecule has 5 nitrogen and oxygen atoms in total. The average Bonchev–Trinajstić information content (AvgIpc) is 3.14. The van der Waals surface area contributed by atoms with Gasteiger partial charge in [0.25, 0.3) is 0 Å². The molecule has 1 N–H and O–H groups in total. The molecule has 0 radical (unpaired) electrons. The number of ether oxygens (including phenoxy) is 1. The largest absolute Gasteiger partial charge is 0.466 e. The van der Waals surface area contributed by atoms with E-state index in [2.05, 4.69) is 39.2 Å². The highest BCUT2D eigenvalue weighted by Gasteiger charge is 2.24. The number of nitrogens with one attached hydrogen (secondary N) is 1. The summed E-state index contributed by atoms with van der Waals surface area (Å²) >= 11 is -0.605. The van der Waals surface area contributed by atoms with Gasteiger partial charge in [-0.15, -0.1) is 16.2 Å². The fraction of sp³-hybridized carbons (Fsp3) is 0.471. The van der Waals surface area contributed by atoms with Crippen LogP contribution in [0.1, 0.15) is 37.3 Å². The van der Waals surface area contributed by atoms with Crippen molar-refractivity contribution in [2.24, 2.45) is 10.2 Å². The lowest BCUT2D eigenvalue weighted by Gasteiger charge is -2.21. The topological polar surface area (TPSA) is 63.0 Å². The molecule has 1 aromatic carbocycles. The van der Waals surface area contributed by atoms with Crippen molar-refractivity contribution in [1.82, 2.24) is 4.72 Å². The quantitative estimate of drug-likeness (QED) is 0.596. The van der Waals surface area contributed by atoms with Crippen LogP contribution in [0.2, 0.25) is 0 Å². The Morgan fingerprint density at radius 3 is 2.78 bits per heavy atom. The Labute approximate surface area is 139 Å². The first-order chi connectivity index (χ1) is 11.3. The molecular weight excluding hydrogens is 310 g/mol. The number of benzene rings is 1. The number of esters is 1.